The lowest BCUT2D eigenvalue weighted by molar-refractivity contribution is -0.116. The first kappa shape index (κ1) is 24.2. The maximum atomic E-state index is 13.4. The van der Waals surface area contributed by atoms with E-state index in [9.17, 15) is 19.2 Å². The number of fused-ring (bicyclic) bond motifs is 5. The molecule has 0 aliphatic carbocycles. The van der Waals surface area contributed by atoms with E-state index in [1.807, 2.05) is 42.5 Å². The van der Waals surface area contributed by atoms with Gasteiger partial charge < -0.3 is 15.0 Å². The van der Waals surface area contributed by atoms with Gasteiger partial charge in [0.25, 0.3) is 11.8 Å². The molecule has 8 heteroatoms. The van der Waals surface area contributed by atoms with Crippen molar-refractivity contribution in [2.45, 2.75) is 31.8 Å². The van der Waals surface area contributed by atoms with Gasteiger partial charge in [-0.25, -0.2) is 4.79 Å². The zero-order valence-electron chi connectivity index (χ0n) is 20.5. The number of ether oxygens (including phenoxy) is 1. The molecule has 2 aliphatic heterocycles. The predicted octanol–water partition coefficient (Wildman–Crippen LogP) is 4.79. The monoisotopic (exact) mass is 497 g/mol. The number of methoxy groups -OCH3 is 1. The first-order chi connectivity index (χ1) is 18.0. The second-order valence-corrected chi connectivity index (χ2v) is 9.08. The average molecular weight is 498 g/mol. The summed E-state index contributed by atoms with van der Waals surface area (Å²) in [7, 11) is 1.32. The predicted molar refractivity (Wildman–Crippen MR) is 138 cm³/mol. The van der Waals surface area contributed by atoms with E-state index in [-0.39, 0.29) is 17.7 Å². The summed E-state index contributed by atoms with van der Waals surface area (Å²) in [5.74, 6) is -0.728. The number of carbonyl (C=O) groups is 4. The van der Waals surface area contributed by atoms with Crippen LogP contribution >= 0.6 is 0 Å². The first-order valence-corrected chi connectivity index (χ1v) is 12.3. The first-order valence-electron chi connectivity index (χ1n) is 12.3. The van der Waals surface area contributed by atoms with E-state index in [0.29, 0.717) is 53.9 Å². The van der Waals surface area contributed by atoms with Crippen molar-refractivity contribution in [3.8, 4) is 0 Å². The molecule has 5 rings (SSSR count). The van der Waals surface area contributed by atoms with Crippen LogP contribution in [-0.2, 0) is 9.53 Å². The second-order valence-electron chi connectivity index (χ2n) is 9.08. The molecule has 0 spiro atoms. The smallest absolute Gasteiger partial charge is 0.337 e. The van der Waals surface area contributed by atoms with Gasteiger partial charge in [0.1, 0.15) is 6.17 Å². The van der Waals surface area contributed by atoms with Crippen LogP contribution in [0.3, 0.4) is 0 Å². The second kappa shape index (κ2) is 10.3. The molecule has 8 nitrogen and oxygen atoms in total. The fraction of sp³-hybridized carbons (Fsp3) is 0.241. The van der Waals surface area contributed by atoms with Crippen LogP contribution in [0.25, 0.3) is 0 Å². The van der Waals surface area contributed by atoms with Crippen molar-refractivity contribution in [3.05, 3.63) is 95.1 Å². The molecule has 0 bridgehead atoms. The van der Waals surface area contributed by atoms with E-state index < -0.39 is 12.1 Å². The highest BCUT2D eigenvalue weighted by Gasteiger charge is 2.47. The minimum atomic E-state index is -0.456. The summed E-state index contributed by atoms with van der Waals surface area (Å²) in [4.78, 5) is 54.0. The number of nitrogens with one attached hydrogen (secondary N) is 1. The molecule has 1 N–H and O–H groups in total. The number of rotatable bonds is 8. The van der Waals surface area contributed by atoms with Gasteiger partial charge in [0, 0.05) is 29.8 Å². The Balaban J connectivity index is 1.19. The third-order valence-electron chi connectivity index (χ3n) is 6.78. The summed E-state index contributed by atoms with van der Waals surface area (Å²) < 4.78 is 4.68. The van der Waals surface area contributed by atoms with Gasteiger partial charge in [-0.1, -0.05) is 36.8 Å². The highest BCUT2D eigenvalue weighted by molar-refractivity contribution is 6.16. The van der Waals surface area contributed by atoms with Crippen LogP contribution in [0.2, 0.25) is 0 Å². The van der Waals surface area contributed by atoms with Crippen molar-refractivity contribution in [2.24, 2.45) is 0 Å². The van der Waals surface area contributed by atoms with E-state index in [1.54, 1.807) is 40.1 Å². The van der Waals surface area contributed by atoms with Gasteiger partial charge in [-0.2, -0.15) is 0 Å². The number of carbonyl (C=O) groups excluding carboxylic acids is 4. The number of unbranched alkanes of at least 4 members (excludes halogenated alkanes) is 2. The van der Waals surface area contributed by atoms with Gasteiger partial charge in [-0.15, -0.1) is 0 Å². The molecule has 0 radical (unpaired) electrons. The van der Waals surface area contributed by atoms with Crippen LogP contribution < -0.4 is 10.2 Å². The fourth-order valence-electron chi connectivity index (χ4n) is 4.97. The number of anilines is 2. The number of benzene rings is 3. The molecule has 0 fully saturated rings. The Morgan fingerprint density at radius 1 is 0.838 bits per heavy atom. The number of esters is 1. The molecule has 3 amide bonds. The van der Waals surface area contributed by atoms with Gasteiger partial charge in [0.2, 0.25) is 5.91 Å². The Morgan fingerprint density at radius 3 is 2.30 bits per heavy atom. The van der Waals surface area contributed by atoms with Crippen LogP contribution in [-0.4, -0.2) is 42.2 Å². The lowest BCUT2D eigenvalue weighted by Gasteiger charge is -2.41. The zero-order chi connectivity index (χ0) is 25.9. The summed E-state index contributed by atoms with van der Waals surface area (Å²) in [6.07, 6.45) is 2.00. The Labute approximate surface area is 214 Å². The quantitative estimate of drug-likeness (QED) is 0.357. The van der Waals surface area contributed by atoms with Crippen LogP contribution in [0.15, 0.2) is 72.8 Å². The van der Waals surface area contributed by atoms with E-state index in [4.69, 9.17) is 0 Å². The number of hydrogen-bond acceptors (Lipinski definition) is 5. The molecule has 3 aromatic carbocycles. The number of amides is 3. The maximum absolute atomic E-state index is 13.4. The summed E-state index contributed by atoms with van der Waals surface area (Å²) in [5, 5.41) is 2.83. The van der Waals surface area contributed by atoms with Crippen LogP contribution in [0.4, 0.5) is 11.4 Å². The highest BCUT2D eigenvalue weighted by atomic mass is 16.5. The minimum absolute atomic E-state index is 0.0884. The topological polar surface area (TPSA) is 96.0 Å². The standard InChI is InChI=1S/C29H27N3O5/c1-37-29(36)19-14-16-20(17-15-19)30-25(33)13-3-2-8-18-31-26-21-9-4-5-10-22(21)28(35)32(26)24-12-7-6-11-23(24)27(31)34/h4-7,9-12,14-17,26H,2-3,8,13,18H2,1H3,(H,30,33). The van der Waals surface area contributed by atoms with Gasteiger partial charge in [-0.05, 0) is 55.3 Å². The van der Waals surface area contributed by atoms with E-state index >= 15 is 0 Å². The summed E-state index contributed by atoms with van der Waals surface area (Å²) in [6, 6.07) is 21.2. The molecule has 1 unspecified atom stereocenters. The fourth-order valence-corrected chi connectivity index (χ4v) is 4.97. The van der Waals surface area contributed by atoms with E-state index in [2.05, 4.69) is 10.1 Å². The minimum Gasteiger partial charge on any atom is -0.465 e. The maximum Gasteiger partial charge on any atom is 0.337 e. The van der Waals surface area contributed by atoms with Crippen molar-refractivity contribution in [1.29, 1.82) is 0 Å². The molecule has 0 aromatic heterocycles. The Hall–Kier alpha value is -4.46. The molecule has 188 valence electrons. The lowest BCUT2D eigenvalue weighted by Crippen LogP contribution is -2.48. The Bertz CT molecular complexity index is 1370. The normalized spacial score (nSPS) is 15.6. The van der Waals surface area contributed by atoms with E-state index in [0.717, 1.165) is 12.0 Å². The SMILES string of the molecule is COC(=O)c1ccc(NC(=O)CCCCCN2C(=O)c3ccccc3N3C(=O)c4ccccc4C23)cc1. The van der Waals surface area contributed by atoms with E-state index in [1.165, 1.54) is 7.11 Å². The summed E-state index contributed by atoms with van der Waals surface area (Å²) >= 11 is 0. The average Bonchev–Trinajstić information content (AvgIpc) is 3.22. The summed E-state index contributed by atoms with van der Waals surface area (Å²) in [5.41, 5.74) is 3.66. The molecule has 2 aliphatic rings. The third kappa shape index (κ3) is 4.58. The van der Waals surface area contributed by atoms with Crippen LogP contribution in [0.1, 0.15) is 68.5 Å². The number of hydrogen-bond donors (Lipinski definition) is 1. The van der Waals surface area contributed by atoms with Crippen molar-refractivity contribution in [3.63, 3.8) is 0 Å². The molecule has 2 heterocycles. The largest absolute Gasteiger partial charge is 0.465 e. The van der Waals surface area contributed by atoms with Crippen molar-refractivity contribution >= 4 is 35.1 Å². The van der Waals surface area contributed by atoms with Crippen molar-refractivity contribution in [1.82, 2.24) is 4.90 Å². The van der Waals surface area contributed by atoms with Gasteiger partial charge in [-0.3, -0.25) is 19.3 Å². The molecule has 3 aromatic rings. The number of nitrogens with zero attached hydrogens (tertiary/aromatic N) is 2. The summed E-state index contributed by atoms with van der Waals surface area (Å²) in [6.45, 7) is 0.479. The lowest BCUT2D eigenvalue weighted by atomic mass is 10.0. The molecule has 0 saturated heterocycles. The molecular weight excluding hydrogens is 470 g/mol. The highest BCUT2D eigenvalue weighted by Crippen LogP contribution is 2.45. The molecule has 0 saturated carbocycles. The zero-order valence-corrected chi connectivity index (χ0v) is 20.5. The van der Waals surface area contributed by atoms with Gasteiger partial charge >= 0.3 is 5.97 Å². The van der Waals surface area contributed by atoms with Crippen LogP contribution in [0.5, 0.6) is 0 Å². The Kier molecular flexibility index (Phi) is 6.72. The van der Waals surface area contributed by atoms with Gasteiger partial charge in [0.15, 0.2) is 0 Å². The van der Waals surface area contributed by atoms with Crippen molar-refractivity contribution < 1.29 is 23.9 Å². The van der Waals surface area contributed by atoms with Crippen molar-refractivity contribution in [2.75, 3.05) is 23.9 Å². The molecule has 37 heavy (non-hydrogen) atoms. The third-order valence-corrected chi connectivity index (χ3v) is 6.78. The van der Waals surface area contributed by atoms with Crippen LogP contribution in [0, 0.1) is 0 Å². The number of para-hydroxylation sites is 1. The Morgan fingerprint density at radius 2 is 1.54 bits per heavy atom. The van der Waals surface area contributed by atoms with Gasteiger partial charge in [0.05, 0.1) is 23.9 Å². The molecule has 1 atom stereocenters. The molecular formula is C29H27N3O5.